The van der Waals surface area contributed by atoms with Crippen LogP contribution >= 0.6 is 0 Å². The SMILES string of the molecule is CC1CCC(C(C)C)C(N(CCC(=O)O)C(C)(C)C)C1. The predicted octanol–water partition coefficient (Wildman–Crippen LogP) is 4.02. The minimum absolute atomic E-state index is 0.0321. The number of carboxylic acid groups (broad SMARTS) is 1. The van der Waals surface area contributed by atoms with E-state index in [0.29, 0.717) is 24.4 Å². The van der Waals surface area contributed by atoms with E-state index >= 15 is 0 Å². The summed E-state index contributed by atoms with van der Waals surface area (Å²) in [6.07, 6.45) is 4.05. The first-order valence-electron chi connectivity index (χ1n) is 8.11. The summed E-state index contributed by atoms with van der Waals surface area (Å²) in [6, 6.07) is 0.526. The van der Waals surface area contributed by atoms with Gasteiger partial charge in [-0.3, -0.25) is 9.69 Å². The summed E-state index contributed by atoms with van der Waals surface area (Å²) in [4.78, 5) is 13.4. The molecule has 0 spiro atoms. The number of aliphatic carboxylic acids is 1. The maximum atomic E-state index is 11.0. The van der Waals surface area contributed by atoms with Gasteiger partial charge >= 0.3 is 5.97 Å². The Balaban J connectivity index is 2.92. The van der Waals surface area contributed by atoms with Crippen molar-refractivity contribution in [1.82, 2.24) is 4.90 Å². The van der Waals surface area contributed by atoms with E-state index in [4.69, 9.17) is 5.11 Å². The van der Waals surface area contributed by atoms with Crippen molar-refractivity contribution < 1.29 is 9.90 Å². The van der Waals surface area contributed by atoms with E-state index in [9.17, 15) is 4.79 Å². The molecule has 0 bridgehead atoms. The average Bonchev–Trinajstić information content (AvgIpc) is 2.26. The Morgan fingerprint density at radius 1 is 1.30 bits per heavy atom. The quantitative estimate of drug-likeness (QED) is 0.828. The molecule has 0 saturated heterocycles. The molecule has 1 saturated carbocycles. The molecule has 1 fully saturated rings. The Kier molecular flexibility index (Phi) is 6.06. The number of hydrogen-bond acceptors (Lipinski definition) is 2. The van der Waals surface area contributed by atoms with Gasteiger partial charge in [0.1, 0.15) is 0 Å². The van der Waals surface area contributed by atoms with Crippen molar-refractivity contribution in [3.05, 3.63) is 0 Å². The van der Waals surface area contributed by atoms with E-state index < -0.39 is 5.97 Å². The summed E-state index contributed by atoms with van der Waals surface area (Å²) < 4.78 is 0. The molecule has 3 unspecified atom stereocenters. The Labute approximate surface area is 124 Å². The van der Waals surface area contributed by atoms with Crippen LogP contribution in [0.3, 0.4) is 0 Å². The highest BCUT2D eigenvalue weighted by molar-refractivity contribution is 5.66. The molecular weight excluding hydrogens is 250 g/mol. The number of carbonyl (C=O) groups is 1. The van der Waals surface area contributed by atoms with Gasteiger partial charge in [-0.1, -0.05) is 27.2 Å². The Morgan fingerprint density at radius 2 is 1.90 bits per heavy atom. The van der Waals surface area contributed by atoms with E-state index in [0.717, 1.165) is 5.92 Å². The van der Waals surface area contributed by atoms with Gasteiger partial charge in [-0.25, -0.2) is 0 Å². The topological polar surface area (TPSA) is 40.5 Å². The van der Waals surface area contributed by atoms with Crippen molar-refractivity contribution in [3.63, 3.8) is 0 Å². The van der Waals surface area contributed by atoms with Gasteiger partial charge < -0.3 is 5.11 Å². The second kappa shape index (κ2) is 6.93. The van der Waals surface area contributed by atoms with Crippen LogP contribution in [0.4, 0.5) is 0 Å². The number of rotatable bonds is 5. The second-order valence-electron chi connectivity index (χ2n) is 7.90. The zero-order valence-electron chi connectivity index (χ0n) is 14.1. The molecule has 0 aromatic carbocycles. The van der Waals surface area contributed by atoms with Crippen LogP contribution in [0.15, 0.2) is 0 Å². The van der Waals surface area contributed by atoms with Crippen LogP contribution in [0.5, 0.6) is 0 Å². The highest BCUT2D eigenvalue weighted by Gasteiger charge is 2.38. The minimum Gasteiger partial charge on any atom is -0.481 e. The third-order valence-corrected chi connectivity index (χ3v) is 4.82. The summed E-state index contributed by atoms with van der Waals surface area (Å²) in [6.45, 7) is 14.3. The molecule has 0 aromatic rings. The predicted molar refractivity (Wildman–Crippen MR) is 83.8 cm³/mol. The van der Waals surface area contributed by atoms with Gasteiger partial charge in [-0.05, 0) is 51.4 Å². The number of nitrogens with zero attached hydrogens (tertiary/aromatic N) is 1. The standard InChI is InChI=1S/C17H33NO2/c1-12(2)14-8-7-13(3)11-15(14)18(17(4,5)6)10-9-16(19)20/h12-15H,7-11H2,1-6H3,(H,19,20). The number of hydrogen-bond donors (Lipinski definition) is 1. The van der Waals surface area contributed by atoms with E-state index in [2.05, 4.69) is 46.4 Å². The highest BCUT2D eigenvalue weighted by Crippen LogP contribution is 2.38. The molecule has 0 aromatic heterocycles. The molecule has 0 amide bonds. The second-order valence-corrected chi connectivity index (χ2v) is 7.90. The summed E-state index contributed by atoms with van der Waals surface area (Å²) in [5.41, 5.74) is 0.0321. The molecule has 118 valence electrons. The van der Waals surface area contributed by atoms with Crippen LogP contribution in [-0.4, -0.2) is 34.1 Å². The Bertz CT molecular complexity index is 319. The Morgan fingerprint density at radius 3 is 2.35 bits per heavy atom. The lowest BCUT2D eigenvalue weighted by Gasteiger charge is -2.49. The lowest BCUT2D eigenvalue weighted by molar-refractivity contribution is -0.138. The fourth-order valence-corrected chi connectivity index (χ4v) is 3.73. The smallest absolute Gasteiger partial charge is 0.304 e. The van der Waals surface area contributed by atoms with Crippen molar-refractivity contribution in [2.75, 3.05) is 6.54 Å². The monoisotopic (exact) mass is 283 g/mol. The van der Waals surface area contributed by atoms with Crippen molar-refractivity contribution in [3.8, 4) is 0 Å². The highest BCUT2D eigenvalue weighted by atomic mass is 16.4. The molecule has 1 N–H and O–H groups in total. The minimum atomic E-state index is -0.691. The normalized spacial score (nSPS) is 28.1. The zero-order chi connectivity index (χ0) is 15.5. The van der Waals surface area contributed by atoms with Crippen LogP contribution in [0.2, 0.25) is 0 Å². The van der Waals surface area contributed by atoms with Gasteiger partial charge in [-0.15, -0.1) is 0 Å². The van der Waals surface area contributed by atoms with Gasteiger partial charge in [0.05, 0.1) is 6.42 Å². The van der Waals surface area contributed by atoms with Crippen LogP contribution in [0, 0.1) is 17.8 Å². The van der Waals surface area contributed by atoms with E-state index in [1.54, 1.807) is 0 Å². The van der Waals surface area contributed by atoms with E-state index in [1.165, 1.54) is 19.3 Å². The van der Waals surface area contributed by atoms with Crippen LogP contribution in [0.25, 0.3) is 0 Å². The molecule has 0 aliphatic heterocycles. The van der Waals surface area contributed by atoms with Crippen LogP contribution in [0.1, 0.15) is 67.2 Å². The molecular formula is C17H33NO2. The maximum Gasteiger partial charge on any atom is 0.304 e. The van der Waals surface area contributed by atoms with Gasteiger partial charge in [0, 0.05) is 18.1 Å². The molecule has 1 aliphatic carbocycles. The van der Waals surface area contributed by atoms with Crippen molar-refractivity contribution in [1.29, 1.82) is 0 Å². The first kappa shape index (κ1) is 17.5. The van der Waals surface area contributed by atoms with Crippen LogP contribution in [-0.2, 0) is 4.79 Å². The third-order valence-electron chi connectivity index (χ3n) is 4.82. The summed E-state index contributed by atoms with van der Waals surface area (Å²) >= 11 is 0. The summed E-state index contributed by atoms with van der Waals surface area (Å²) in [5.74, 6) is 1.43. The average molecular weight is 283 g/mol. The lowest BCUT2D eigenvalue weighted by atomic mass is 9.72. The summed E-state index contributed by atoms with van der Waals surface area (Å²) in [7, 11) is 0. The largest absolute Gasteiger partial charge is 0.481 e. The fraction of sp³-hybridized carbons (Fsp3) is 0.941. The maximum absolute atomic E-state index is 11.0. The van der Waals surface area contributed by atoms with E-state index in [-0.39, 0.29) is 12.0 Å². The third kappa shape index (κ3) is 4.76. The zero-order valence-corrected chi connectivity index (χ0v) is 14.1. The molecule has 0 heterocycles. The first-order valence-corrected chi connectivity index (χ1v) is 8.11. The van der Waals surface area contributed by atoms with Crippen molar-refractivity contribution in [2.45, 2.75) is 78.8 Å². The van der Waals surface area contributed by atoms with Gasteiger partial charge in [0.25, 0.3) is 0 Å². The molecule has 1 aliphatic rings. The van der Waals surface area contributed by atoms with E-state index in [1.807, 2.05) is 0 Å². The van der Waals surface area contributed by atoms with Gasteiger partial charge in [0.2, 0.25) is 0 Å². The first-order chi connectivity index (χ1) is 9.12. The van der Waals surface area contributed by atoms with Crippen molar-refractivity contribution >= 4 is 5.97 Å². The molecule has 20 heavy (non-hydrogen) atoms. The van der Waals surface area contributed by atoms with Gasteiger partial charge in [0.15, 0.2) is 0 Å². The van der Waals surface area contributed by atoms with Crippen molar-refractivity contribution in [2.24, 2.45) is 17.8 Å². The molecule has 0 radical (unpaired) electrons. The number of carboxylic acids is 1. The van der Waals surface area contributed by atoms with Gasteiger partial charge in [-0.2, -0.15) is 0 Å². The molecule has 3 nitrogen and oxygen atoms in total. The Hall–Kier alpha value is -0.570. The van der Waals surface area contributed by atoms with Crippen LogP contribution < -0.4 is 0 Å². The fourth-order valence-electron chi connectivity index (χ4n) is 3.73. The molecule has 1 rings (SSSR count). The molecule has 3 atom stereocenters. The lowest BCUT2D eigenvalue weighted by Crippen LogP contribution is -2.54. The summed E-state index contributed by atoms with van der Waals surface area (Å²) in [5, 5.41) is 9.03. The molecule has 3 heteroatoms.